The quantitative estimate of drug-likeness (QED) is 0.781. The van der Waals surface area contributed by atoms with Gasteiger partial charge in [-0.05, 0) is 36.6 Å². The van der Waals surface area contributed by atoms with Crippen LogP contribution in [0, 0.1) is 6.92 Å². The van der Waals surface area contributed by atoms with Crippen LogP contribution in [0.5, 0.6) is 0 Å². The van der Waals surface area contributed by atoms with Gasteiger partial charge in [0.05, 0.1) is 17.2 Å². The molecule has 0 aliphatic heterocycles. The zero-order valence-electron chi connectivity index (χ0n) is 11.5. The number of para-hydroxylation sites is 2. The molecule has 2 aromatic carbocycles. The molecule has 0 amide bonds. The van der Waals surface area contributed by atoms with Crippen molar-refractivity contribution in [1.29, 1.82) is 0 Å². The van der Waals surface area contributed by atoms with Crippen LogP contribution in [0.25, 0.3) is 11.0 Å². The number of aryl methyl sites for hydroxylation is 1. The first-order valence-electron chi connectivity index (χ1n) is 6.83. The molecule has 0 atom stereocenters. The summed E-state index contributed by atoms with van der Waals surface area (Å²) >= 11 is 0. The second kappa shape index (κ2) is 5.70. The summed E-state index contributed by atoms with van der Waals surface area (Å²) in [7, 11) is 0. The van der Waals surface area contributed by atoms with Gasteiger partial charge >= 0.3 is 0 Å². The molecule has 3 heteroatoms. The third-order valence-electron chi connectivity index (χ3n) is 3.41. The van der Waals surface area contributed by atoms with Crippen molar-refractivity contribution in [3.05, 3.63) is 65.9 Å². The molecular formula is C17H17N3. The van der Waals surface area contributed by atoms with E-state index >= 15 is 0 Å². The highest BCUT2D eigenvalue weighted by Crippen LogP contribution is 2.12. The summed E-state index contributed by atoms with van der Waals surface area (Å²) in [4.78, 5) is 8.95. The Kier molecular flexibility index (Phi) is 3.59. The SMILES string of the molecule is Cc1ccccc1CCNc1cnc2ccccc2n1. The Morgan fingerprint density at radius 3 is 2.55 bits per heavy atom. The van der Waals surface area contributed by atoms with Crippen molar-refractivity contribution >= 4 is 16.9 Å². The van der Waals surface area contributed by atoms with E-state index in [4.69, 9.17) is 0 Å². The highest BCUT2D eigenvalue weighted by atomic mass is 15.0. The summed E-state index contributed by atoms with van der Waals surface area (Å²) in [6.45, 7) is 3.00. The lowest BCUT2D eigenvalue weighted by Crippen LogP contribution is -2.07. The van der Waals surface area contributed by atoms with Crippen molar-refractivity contribution in [2.45, 2.75) is 13.3 Å². The lowest BCUT2D eigenvalue weighted by Gasteiger charge is -2.08. The van der Waals surface area contributed by atoms with E-state index in [1.807, 2.05) is 24.3 Å². The molecule has 3 rings (SSSR count). The zero-order valence-corrected chi connectivity index (χ0v) is 11.5. The van der Waals surface area contributed by atoms with E-state index in [2.05, 4.69) is 46.5 Å². The molecule has 0 bridgehead atoms. The van der Waals surface area contributed by atoms with Crippen LogP contribution in [0.15, 0.2) is 54.7 Å². The van der Waals surface area contributed by atoms with Crippen LogP contribution >= 0.6 is 0 Å². The summed E-state index contributed by atoms with van der Waals surface area (Å²) < 4.78 is 0. The van der Waals surface area contributed by atoms with Crippen molar-refractivity contribution in [1.82, 2.24) is 9.97 Å². The molecule has 3 nitrogen and oxygen atoms in total. The minimum Gasteiger partial charge on any atom is -0.368 e. The Labute approximate surface area is 118 Å². The fourth-order valence-electron chi connectivity index (χ4n) is 2.26. The van der Waals surface area contributed by atoms with Gasteiger partial charge in [-0.2, -0.15) is 0 Å². The van der Waals surface area contributed by atoms with E-state index in [0.29, 0.717) is 0 Å². The van der Waals surface area contributed by atoms with E-state index in [1.165, 1.54) is 11.1 Å². The highest BCUT2D eigenvalue weighted by molar-refractivity contribution is 5.75. The molecule has 0 aliphatic rings. The van der Waals surface area contributed by atoms with Crippen LogP contribution in [0.2, 0.25) is 0 Å². The van der Waals surface area contributed by atoms with Crippen molar-refractivity contribution in [3.63, 3.8) is 0 Å². The molecule has 1 aromatic heterocycles. The van der Waals surface area contributed by atoms with E-state index in [-0.39, 0.29) is 0 Å². The number of benzene rings is 2. The molecule has 20 heavy (non-hydrogen) atoms. The second-order valence-corrected chi connectivity index (χ2v) is 4.85. The molecule has 0 saturated carbocycles. The molecular weight excluding hydrogens is 246 g/mol. The number of anilines is 1. The molecule has 0 unspecified atom stereocenters. The minimum atomic E-state index is 0.831. The molecule has 0 spiro atoms. The zero-order chi connectivity index (χ0) is 13.8. The number of aromatic nitrogens is 2. The number of hydrogen-bond acceptors (Lipinski definition) is 3. The normalized spacial score (nSPS) is 10.7. The van der Waals surface area contributed by atoms with Gasteiger partial charge in [-0.15, -0.1) is 0 Å². The number of nitrogens with one attached hydrogen (secondary N) is 1. The number of fused-ring (bicyclic) bond motifs is 1. The smallest absolute Gasteiger partial charge is 0.145 e. The van der Waals surface area contributed by atoms with Crippen LogP contribution in [0.3, 0.4) is 0 Å². The molecule has 0 radical (unpaired) electrons. The Morgan fingerprint density at radius 2 is 1.70 bits per heavy atom. The van der Waals surface area contributed by atoms with E-state index in [9.17, 15) is 0 Å². The fourth-order valence-corrected chi connectivity index (χ4v) is 2.26. The Bertz CT molecular complexity index is 722. The predicted molar refractivity (Wildman–Crippen MR) is 82.9 cm³/mol. The average Bonchev–Trinajstić information content (AvgIpc) is 2.49. The van der Waals surface area contributed by atoms with E-state index in [0.717, 1.165) is 29.8 Å². The van der Waals surface area contributed by atoms with Crippen molar-refractivity contribution in [2.24, 2.45) is 0 Å². The van der Waals surface area contributed by atoms with E-state index < -0.39 is 0 Å². The summed E-state index contributed by atoms with van der Waals surface area (Å²) in [6, 6.07) is 16.4. The molecule has 1 heterocycles. The number of hydrogen-bond donors (Lipinski definition) is 1. The number of nitrogens with zero attached hydrogens (tertiary/aromatic N) is 2. The summed E-state index contributed by atoms with van der Waals surface area (Å²) in [5.41, 5.74) is 4.55. The third-order valence-corrected chi connectivity index (χ3v) is 3.41. The van der Waals surface area contributed by atoms with Gasteiger partial charge < -0.3 is 5.32 Å². The van der Waals surface area contributed by atoms with Crippen LogP contribution in [-0.2, 0) is 6.42 Å². The Balaban J connectivity index is 1.67. The molecule has 0 aliphatic carbocycles. The Hall–Kier alpha value is -2.42. The van der Waals surface area contributed by atoms with Crippen LogP contribution in [-0.4, -0.2) is 16.5 Å². The summed E-state index contributed by atoms with van der Waals surface area (Å²) in [6.07, 6.45) is 2.78. The van der Waals surface area contributed by atoms with Crippen molar-refractivity contribution < 1.29 is 0 Å². The Morgan fingerprint density at radius 1 is 0.950 bits per heavy atom. The lowest BCUT2D eigenvalue weighted by atomic mass is 10.1. The summed E-state index contributed by atoms with van der Waals surface area (Å²) in [5.74, 6) is 0.831. The molecule has 0 fully saturated rings. The van der Waals surface area contributed by atoms with Crippen LogP contribution in [0.4, 0.5) is 5.82 Å². The van der Waals surface area contributed by atoms with Gasteiger partial charge in [-0.25, -0.2) is 4.98 Å². The van der Waals surface area contributed by atoms with Gasteiger partial charge in [0.2, 0.25) is 0 Å². The molecule has 3 aromatic rings. The van der Waals surface area contributed by atoms with Gasteiger partial charge in [-0.1, -0.05) is 36.4 Å². The molecule has 100 valence electrons. The molecule has 1 N–H and O–H groups in total. The number of rotatable bonds is 4. The van der Waals surface area contributed by atoms with Gasteiger partial charge in [0.1, 0.15) is 5.82 Å². The first-order valence-corrected chi connectivity index (χ1v) is 6.83. The standard InChI is InChI=1S/C17H17N3/c1-13-6-2-3-7-14(13)10-11-18-17-12-19-15-8-4-5-9-16(15)20-17/h2-9,12H,10-11H2,1H3,(H,18,20). The van der Waals surface area contributed by atoms with Crippen molar-refractivity contribution in [2.75, 3.05) is 11.9 Å². The lowest BCUT2D eigenvalue weighted by molar-refractivity contribution is 0.993. The predicted octanol–water partition coefficient (Wildman–Crippen LogP) is 3.59. The fraction of sp³-hybridized carbons (Fsp3) is 0.176. The maximum absolute atomic E-state index is 4.56. The third kappa shape index (κ3) is 2.77. The topological polar surface area (TPSA) is 37.8 Å². The summed E-state index contributed by atoms with van der Waals surface area (Å²) in [5, 5.41) is 3.34. The average molecular weight is 263 g/mol. The monoisotopic (exact) mass is 263 g/mol. The van der Waals surface area contributed by atoms with Gasteiger partial charge in [0.25, 0.3) is 0 Å². The highest BCUT2D eigenvalue weighted by Gasteiger charge is 2.00. The van der Waals surface area contributed by atoms with Crippen molar-refractivity contribution in [3.8, 4) is 0 Å². The second-order valence-electron chi connectivity index (χ2n) is 4.85. The first kappa shape index (κ1) is 12.6. The maximum Gasteiger partial charge on any atom is 0.145 e. The van der Waals surface area contributed by atoms with Crippen LogP contribution in [0.1, 0.15) is 11.1 Å². The minimum absolute atomic E-state index is 0.831. The largest absolute Gasteiger partial charge is 0.368 e. The van der Waals surface area contributed by atoms with Gasteiger partial charge in [0, 0.05) is 6.54 Å². The molecule has 0 saturated heterocycles. The van der Waals surface area contributed by atoms with E-state index in [1.54, 1.807) is 6.20 Å². The first-order chi connectivity index (χ1) is 9.83. The van der Waals surface area contributed by atoms with Gasteiger partial charge in [0.15, 0.2) is 0 Å². The maximum atomic E-state index is 4.56. The van der Waals surface area contributed by atoms with Crippen LogP contribution < -0.4 is 5.32 Å². The van der Waals surface area contributed by atoms with Gasteiger partial charge in [-0.3, -0.25) is 4.98 Å².